The SMILES string of the molecule is CC(NC(=O)C(N)Cc1ccccc1)C(=O)NCC(=O)NC(C(=O)O)C(C)O. The molecule has 0 aliphatic carbocycles. The third kappa shape index (κ3) is 7.72. The van der Waals surface area contributed by atoms with Crippen LogP contribution in [0.1, 0.15) is 19.4 Å². The molecular weight excluding hydrogens is 368 g/mol. The maximum absolute atomic E-state index is 12.1. The molecule has 10 heteroatoms. The first kappa shape index (κ1) is 23.1. The Morgan fingerprint density at radius 1 is 1.04 bits per heavy atom. The van der Waals surface area contributed by atoms with Crippen molar-refractivity contribution in [1.82, 2.24) is 16.0 Å². The van der Waals surface area contributed by atoms with E-state index < -0.39 is 54.5 Å². The summed E-state index contributed by atoms with van der Waals surface area (Å²) in [6, 6.07) is 5.88. The Kier molecular flexibility index (Phi) is 9.06. The van der Waals surface area contributed by atoms with Crippen molar-refractivity contribution in [3.05, 3.63) is 35.9 Å². The number of hydrogen-bond donors (Lipinski definition) is 6. The molecule has 0 fully saturated rings. The number of carboxylic acid groups (broad SMARTS) is 1. The summed E-state index contributed by atoms with van der Waals surface area (Å²) in [4.78, 5) is 46.7. The number of aliphatic hydroxyl groups excluding tert-OH is 1. The molecule has 154 valence electrons. The maximum Gasteiger partial charge on any atom is 0.328 e. The highest BCUT2D eigenvalue weighted by Crippen LogP contribution is 2.02. The standard InChI is InChI=1S/C18H26N4O6/c1-10(21-17(26)13(19)8-12-6-4-3-5-7-12)16(25)20-9-14(24)22-15(11(2)23)18(27)28/h3-7,10-11,13,15,23H,8-9,19H2,1-2H3,(H,20,25)(H,21,26)(H,22,24)(H,27,28). The van der Waals surface area contributed by atoms with Gasteiger partial charge in [-0.15, -0.1) is 0 Å². The van der Waals surface area contributed by atoms with E-state index in [-0.39, 0.29) is 0 Å². The van der Waals surface area contributed by atoms with Crippen LogP contribution in [0.2, 0.25) is 0 Å². The minimum Gasteiger partial charge on any atom is -0.480 e. The van der Waals surface area contributed by atoms with E-state index in [9.17, 15) is 24.3 Å². The van der Waals surface area contributed by atoms with Gasteiger partial charge in [-0.25, -0.2) is 4.79 Å². The number of rotatable bonds is 10. The highest BCUT2D eigenvalue weighted by Gasteiger charge is 2.25. The summed E-state index contributed by atoms with van der Waals surface area (Å²) in [5, 5.41) is 25.0. The lowest BCUT2D eigenvalue weighted by atomic mass is 10.1. The lowest BCUT2D eigenvalue weighted by Gasteiger charge is -2.19. The second-order valence-corrected chi connectivity index (χ2v) is 6.37. The topological polar surface area (TPSA) is 171 Å². The van der Waals surface area contributed by atoms with Crippen LogP contribution in [0.15, 0.2) is 30.3 Å². The van der Waals surface area contributed by atoms with Gasteiger partial charge in [0, 0.05) is 0 Å². The van der Waals surface area contributed by atoms with Gasteiger partial charge in [-0.3, -0.25) is 14.4 Å². The van der Waals surface area contributed by atoms with Crippen molar-refractivity contribution < 1.29 is 29.4 Å². The predicted octanol–water partition coefficient (Wildman–Crippen LogP) is -1.87. The van der Waals surface area contributed by atoms with Crippen molar-refractivity contribution in [3.63, 3.8) is 0 Å². The van der Waals surface area contributed by atoms with E-state index in [1.54, 1.807) is 0 Å². The summed E-state index contributed by atoms with van der Waals surface area (Å²) >= 11 is 0. The second-order valence-electron chi connectivity index (χ2n) is 6.37. The smallest absolute Gasteiger partial charge is 0.328 e. The van der Waals surface area contributed by atoms with E-state index in [0.717, 1.165) is 5.56 Å². The maximum atomic E-state index is 12.1. The molecule has 7 N–H and O–H groups in total. The molecule has 4 atom stereocenters. The average Bonchev–Trinajstić information content (AvgIpc) is 2.64. The number of nitrogens with two attached hydrogens (primary N) is 1. The molecule has 1 aromatic rings. The second kappa shape index (κ2) is 11.0. The van der Waals surface area contributed by atoms with Crippen LogP contribution in [0.25, 0.3) is 0 Å². The van der Waals surface area contributed by atoms with Crippen LogP contribution >= 0.6 is 0 Å². The van der Waals surface area contributed by atoms with Gasteiger partial charge < -0.3 is 31.9 Å². The minimum atomic E-state index is -1.49. The zero-order valence-electron chi connectivity index (χ0n) is 15.7. The first-order valence-corrected chi connectivity index (χ1v) is 8.69. The Labute approximate surface area is 162 Å². The van der Waals surface area contributed by atoms with E-state index in [4.69, 9.17) is 10.8 Å². The molecular formula is C18H26N4O6. The van der Waals surface area contributed by atoms with Gasteiger partial charge in [0.05, 0.1) is 18.7 Å². The molecule has 0 aliphatic heterocycles. The average molecular weight is 394 g/mol. The Morgan fingerprint density at radius 2 is 1.64 bits per heavy atom. The van der Waals surface area contributed by atoms with Crippen LogP contribution in [0.3, 0.4) is 0 Å². The van der Waals surface area contributed by atoms with Gasteiger partial charge in [-0.05, 0) is 25.8 Å². The lowest BCUT2D eigenvalue weighted by Crippen LogP contribution is -2.53. The quantitative estimate of drug-likeness (QED) is 0.270. The summed E-state index contributed by atoms with van der Waals surface area (Å²) in [5.41, 5.74) is 6.72. The molecule has 1 rings (SSSR count). The molecule has 28 heavy (non-hydrogen) atoms. The molecule has 0 aliphatic rings. The fraction of sp³-hybridized carbons (Fsp3) is 0.444. The monoisotopic (exact) mass is 394 g/mol. The van der Waals surface area contributed by atoms with Crippen LogP contribution in [0.5, 0.6) is 0 Å². The van der Waals surface area contributed by atoms with Gasteiger partial charge in [0.1, 0.15) is 6.04 Å². The number of benzene rings is 1. The zero-order chi connectivity index (χ0) is 21.3. The van der Waals surface area contributed by atoms with Gasteiger partial charge in [-0.2, -0.15) is 0 Å². The summed E-state index contributed by atoms with van der Waals surface area (Å²) < 4.78 is 0. The van der Waals surface area contributed by atoms with E-state index in [1.165, 1.54) is 13.8 Å². The highest BCUT2D eigenvalue weighted by molar-refractivity contribution is 5.92. The van der Waals surface area contributed by atoms with Crippen molar-refractivity contribution in [2.24, 2.45) is 5.73 Å². The van der Waals surface area contributed by atoms with Crippen molar-refractivity contribution in [2.75, 3.05) is 6.54 Å². The number of nitrogens with one attached hydrogen (secondary N) is 3. The molecule has 3 amide bonds. The Bertz CT molecular complexity index is 695. The summed E-state index contributed by atoms with van der Waals surface area (Å²) in [6.07, 6.45) is -0.999. The molecule has 0 heterocycles. The predicted molar refractivity (Wildman–Crippen MR) is 100.0 cm³/mol. The molecule has 0 saturated carbocycles. The molecule has 0 bridgehead atoms. The molecule has 10 nitrogen and oxygen atoms in total. The third-order valence-corrected chi connectivity index (χ3v) is 3.88. The van der Waals surface area contributed by atoms with E-state index >= 15 is 0 Å². The number of carboxylic acids is 1. The normalized spacial score (nSPS) is 14.9. The van der Waals surface area contributed by atoms with Gasteiger partial charge in [0.2, 0.25) is 17.7 Å². The van der Waals surface area contributed by atoms with Crippen LogP contribution in [-0.4, -0.2) is 64.7 Å². The molecule has 0 saturated heterocycles. The summed E-state index contributed by atoms with van der Waals surface area (Å²) in [7, 11) is 0. The molecule has 0 spiro atoms. The minimum absolute atomic E-state index is 0.305. The number of hydrogen-bond acceptors (Lipinski definition) is 6. The number of aliphatic carboxylic acids is 1. The largest absolute Gasteiger partial charge is 0.480 e. The lowest BCUT2D eigenvalue weighted by molar-refractivity contribution is -0.144. The fourth-order valence-corrected chi connectivity index (χ4v) is 2.28. The van der Waals surface area contributed by atoms with Crippen LogP contribution in [0, 0.1) is 0 Å². The molecule has 1 aromatic carbocycles. The Balaban J connectivity index is 2.44. The van der Waals surface area contributed by atoms with Crippen molar-refractivity contribution in [3.8, 4) is 0 Å². The first-order valence-electron chi connectivity index (χ1n) is 8.69. The molecule has 0 radical (unpaired) electrons. The number of carbonyl (C=O) groups is 4. The fourth-order valence-electron chi connectivity index (χ4n) is 2.28. The summed E-state index contributed by atoms with van der Waals surface area (Å²) in [6.45, 7) is 2.13. The van der Waals surface area contributed by atoms with Crippen LogP contribution < -0.4 is 21.7 Å². The van der Waals surface area contributed by atoms with Crippen molar-refractivity contribution in [2.45, 2.75) is 44.5 Å². The number of aliphatic hydroxyl groups is 1. The third-order valence-electron chi connectivity index (χ3n) is 3.88. The van der Waals surface area contributed by atoms with Crippen LogP contribution in [0.4, 0.5) is 0 Å². The van der Waals surface area contributed by atoms with E-state index in [1.807, 2.05) is 30.3 Å². The van der Waals surface area contributed by atoms with E-state index in [0.29, 0.717) is 6.42 Å². The molecule has 0 aromatic heterocycles. The van der Waals surface area contributed by atoms with Crippen molar-refractivity contribution >= 4 is 23.7 Å². The van der Waals surface area contributed by atoms with E-state index in [2.05, 4.69) is 16.0 Å². The Hall–Kier alpha value is -2.98. The molecule has 4 unspecified atom stereocenters. The Morgan fingerprint density at radius 3 is 2.18 bits per heavy atom. The van der Waals surface area contributed by atoms with Gasteiger partial charge in [0.15, 0.2) is 6.04 Å². The zero-order valence-corrected chi connectivity index (χ0v) is 15.7. The first-order chi connectivity index (χ1) is 13.1. The summed E-state index contributed by atoms with van der Waals surface area (Å²) in [5.74, 6) is -3.35. The van der Waals surface area contributed by atoms with Crippen molar-refractivity contribution in [1.29, 1.82) is 0 Å². The van der Waals surface area contributed by atoms with Gasteiger partial charge >= 0.3 is 5.97 Å². The van der Waals surface area contributed by atoms with Gasteiger partial charge in [0.25, 0.3) is 0 Å². The number of amides is 3. The van der Waals surface area contributed by atoms with Crippen LogP contribution in [-0.2, 0) is 25.6 Å². The number of carbonyl (C=O) groups excluding carboxylic acids is 3. The highest BCUT2D eigenvalue weighted by atomic mass is 16.4. The van der Waals surface area contributed by atoms with Gasteiger partial charge in [-0.1, -0.05) is 30.3 Å².